The quantitative estimate of drug-likeness (QED) is 0.805. The molecule has 0 fully saturated rings. The van der Waals surface area contributed by atoms with Crippen LogP contribution in [0.5, 0.6) is 11.9 Å². The number of amides is 2. The first-order chi connectivity index (χ1) is 12.3. The first-order valence-corrected chi connectivity index (χ1v) is 7.72. The van der Waals surface area contributed by atoms with Crippen molar-refractivity contribution in [2.75, 3.05) is 23.8 Å². The second-order valence-electron chi connectivity index (χ2n) is 4.86. The summed E-state index contributed by atoms with van der Waals surface area (Å²) in [4.78, 5) is 20.0. The molecule has 0 unspecified atom stereocenters. The highest BCUT2D eigenvalue weighted by Crippen LogP contribution is 2.34. The predicted octanol–water partition coefficient (Wildman–Crippen LogP) is 3.94. The monoisotopic (exact) mass is 370 g/mol. The Morgan fingerprint density at radius 3 is 2.38 bits per heavy atom. The van der Waals surface area contributed by atoms with Gasteiger partial charge in [0.15, 0.2) is 0 Å². The number of para-hydroxylation sites is 1. The fourth-order valence-corrected chi connectivity index (χ4v) is 2.00. The molecule has 0 saturated heterocycles. The summed E-state index contributed by atoms with van der Waals surface area (Å²) >= 11 is 0. The van der Waals surface area contributed by atoms with Crippen molar-refractivity contribution in [1.82, 2.24) is 9.97 Å². The van der Waals surface area contributed by atoms with Crippen molar-refractivity contribution in [2.24, 2.45) is 0 Å². The van der Waals surface area contributed by atoms with Gasteiger partial charge in [-0.05, 0) is 26.0 Å². The highest BCUT2D eigenvalue weighted by molar-refractivity contribution is 6.00. The van der Waals surface area contributed by atoms with Gasteiger partial charge in [0.2, 0.25) is 5.88 Å². The van der Waals surface area contributed by atoms with E-state index in [9.17, 15) is 18.0 Å². The molecular formula is C16H17F3N4O3. The molecule has 0 radical (unpaired) electrons. The van der Waals surface area contributed by atoms with E-state index < -0.39 is 17.8 Å². The number of carbonyl (C=O) groups excluding carboxylic acids is 1. The normalized spacial score (nSPS) is 11.0. The SMILES string of the molecule is CCOc1ncc(NC(=O)Nc2ccccc2C(F)(F)F)c(OCC)n1. The Labute approximate surface area is 147 Å². The van der Waals surface area contributed by atoms with Crippen LogP contribution in [0.4, 0.5) is 29.3 Å². The molecule has 2 rings (SSSR count). The highest BCUT2D eigenvalue weighted by atomic mass is 19.4. The summed E-state index contributed by atoms with van der Waals surface area (Å²) in [5, 5.41) is 4.53. The molecule has 0 saturated carbocycles. The number of anilines is 2. The van der Waals surface area contributed by atoms with Crippen LogP contribution in [0, 0.1) is 0 Å². The van der Waals surface area contributed by atoms with E-state index in [1.54, 1.807) is 13.8 Å². The minimum Gasteiger partial charge on any atom is -0.476 e. The maximum atomic E-state index is 13.0. The van der Waals surface area contributed by atoms with Gasteiger partial charge >= 0.3 is 18.2 Å². The van der Waals surface area contributed by atoms with Gasteiger partial charge in [-0.2, -0.15) is 18.2 Å². The van der Waals surface area contributed by atoms with Crippen LogP contribution in [0.15, 0.2) is 30.5 Å². The summed E-state index contributed by atoms with van der Waals surface area (Å²) in [5.41, 5.74) is -1.23. The van der Waals surface area contributed by atoms with Crippen LogP contribution in [0.2, 0.25) is 0 Å². The van der Waals surface area contributed by atoms with E-state index in [-0.39, 0.29) is 29.9 Å². The van der Waals surface area contributed by atoms with Crippen LogP contribution in [0.25, 0.3) is 0 Å². The summed E-state index contributed by atoms with van der Waals surface area (Å²) < 4.78 is 49.4. The Morgan fingerprint density at radius 1 is 1.08 bits per heavy atom. The Hall–Kier alpha value is -3.04. The number of carbonyl (C=O) groups is 1. The fraction of sp³-hybridized carbons (Fsp3) is 0.312. The molecule has 140 valence electrons. The van der Waals surface area contributed by atoms with Gasteiger partial charge in [0.05, 0.1) is 30.7 Å². The largest absolute Gasteiger partial charge is 0.476 e. The van der Waals surface area contributed by atoms with Crippen molar-refractivity contribution in [3.63, 3.8) is 0 Å². The van der Waals surface area contributed by atoms with E-state index in [0.717, 1.165) is 12.1 Å². The number of hydrogen-bond acceptors (Lipinski definition) is 5. The minimum absolute atomic E-state index is 0.0465. The molecule has 0 atom stereocenters. The first-order valence-electron chi connectivity index (χ1n) is 7.72. The minimum atomic E-state index is -4.59. The third-order valence-electron chi connectivity index (χ3n) is 3.02. The molecular weight excluding hydrogens is 353 g/mol. The summed E-state index contributed by atoms with van der Waals surface area (Å²) in [6, 6.07) is 3.82. The number of benzene rings is 1. The topological polar surface area (TPSA) is 85.4 Å². The Bertz CT molecular complexity index is 769. The lowest BCUT2D eigenvalue weighted by Crippen LogP contribution is -2.22. The van der Waals surface area contributed by atoms with Crippen LogP contribution >= 0.6 is 0 Å². The summed E-state index contributed by atoms with van der Waals surface area (Å²) in [7, 11) is 0. The van der Waals surface area contributed by atoms with Crippen LogP contribution < -0.4 is 20.1 Å². The van der Waals surface area contributed by atoms with Crippen LogP contribution in [-0.4, -0.2) is 29.2 Å². The molecule has 10 heteroatoms. The molecule has 2 aromatic rings. The Balaban J connectivity index is 2.18. The zero-order chi connectivity index (χ0) is 19.2. The summed E-state index contributed by atoms with van der Waals surface area (Å²) in [6.45, 7) is 4.07. The molecule has 1 aromatic heterocycles. The predicted molar refractivity (Wildman–Crippen MR) is 88.5 cm³/mol. The van der Waals surface area contributed by atoms with Crippen molar-refractivity contribution in [3.05, 3.63) is 36.0 Å². The van der Waals surface area contributed by atoms with Crippen molar-refractivity contribution in [2.45, 2.75) is 20.0 Å². The van der Waals surface area contributed by atoms with Crippen LogP contribution in [-0.2, 0) is 6.18 Å². The van der Waals surface area contributed by atoms with Gasteiger partial charge in [0.1, 0.15) is 5.69 Å². The number of ether oxygens (including phenoxy) is 2. The molecule has 2 amide bonds. The lowest BCUT2D eigenvalue weighted by atomic mass is 10.1. The number of rotatable bonds is 6. The van der Waals surface area contributed by atoms with E-state index in [2.05, 4.69) is 20.6 Å². The number of hydrogen-bond donors (Lipinski definition) is 2. The number of nitrogens with one attached hydrogen (secondary N) is 2. The smallest absolute Gasteiger partial charge is 0.418 e. The molecule has 1 heterocycles. The van der Waals surface area contributed by atoms with Gasteiger partial charge in [-0.25, -0.2) is 9.78 Å². The van der Waals surface area contributed by atoms with Gasteiger partial charge < -0.3 is 20.1 Å². The Morgan fingerprint density at radius 2 is 1.73 bits per heavy atom. The molecule has 0 spiro atoms. The molecule has 2 N–H and O–H groups in total. The van der Waals surface area contributed by atoms with Gasteiger partial charge in [-0.3, -0.25) is 0 Å². The third kappa shape index (κ3) is 4.98. The third-order valence-corrected chi connectivity index (χ3v) is 3.02. The second kappa shape index (κ2) is 8.37. The maximum absolute atomic E-state index is 13.0. The Kier molecular flexibility index (Phi) is 6.21. The van der Waals surface area contributed by atoms with Crippen molar-refractivity contribution in [3.8, 4) is 11.9 Å². The number of halogens is 3. The van der Waals surface area contributed by atoms with E-state index in [4.69, 9.17) is 9.47 Å². The molecule has 7 nitrogen and oxygen atoms in total. The summed E-state index contributed by atoms with van der Waals surface area (Å²) in [5.74, 6) is 0.0465. The second-order valence-corrected chi connectivity index (χ2v) is 4.86. The van der Waals surface area contributed by atoms with Crippen LogP contribution in [0.1, 0.15) is 19.4 Å². The maximum Gasteiger partial charge on any atom is 0.418 e. The number of urea groups is 1. The number of alkyl halides is 3. The number of aromatic nitrogens is 2. The first kappa shape index (κ1) is 19.3. The van der Waals surface area contributed by atoms with Gasteiger partial charge in [0, 0.05) is 0 Å². The van der Waals surface area contributed by atoms with E-state index in [1.807, 2.05) is 0 Å². The standard InChI is InChI=1S/C16H17F3N4O3/c1-3-25-13-12(9-20-15(23-13)26-4-2)22-14(24)21-11-8-6-5-7-10(11)16(17,18)19/h5-9H,3-4H2,1-2H3,(H2,21,22,24). The molecule has 0 aliphatic rings. The summed E-state index contributed by atoms with van der Waals surface area (Å²) in [6.07, 6.45) is -3.35. The average molecular weight is 370 g/mol. The molecule has 0 aliphatic heterocycles. The molecule has 1 aromatic carbocycles. The van der Waals surface area contributed by atoms with Gasteiger partial charge in [-0.15, -0.1) is 0 Å². The lowest BCUT2D eigenvalue weighted by Gasteiger charge is -2.15. The fourth-order valence-electron chi connectivity index (χ4n) is 2.00. The molecule has 0 bridgehead atoms. The zero-order valence-electron chi connectivity index (χ0n) is 14.1. The van der Waals surface area contributed by atoms with Crippen LogP contribution in [0.3, 0.4) is 0 Å². The van der Waals surface area contributed by atoms with E-state index in [0.29, 0.717) is 6.61 Å². The zero-order valence-corrected chi connectivity index (χ0v) is 14.1. The van der Waals surface area contributed by atoms with Crippen molar-refractivity contribution >= 4 is 17.4 Å². The highest BCUT2D eigenvalue weighted by Gasteiger charge is 2.33. The van der Waals surface area contributed by atoms with E-state index >= 15 is 0 Å². The molecule has 0 aliphatic carbocycles. The van der Waals surface area contributed by atoms with Gasteiger partial charge in [0.25, 0.3) is 0 Å². The lowest BCUT2D eigenvalue weighted by molar-refractivity contribution is -0.136. The van der Waals surface area contributed by atoms with E-state index in [1.165, 1.54) is 18.3 Å². The average Bonchev–Trinajstić information content (AvgIpc) is 2.57. The van der Waals surface area contributed by atoms with Crippen molar-refractivity contribution < 1.29 is 27.4 Å². The van der Waals surface area contributed by atoms with Crippen molar-refractivity contribution in [1.29, 1.82) is 0 Å². The molecule has 26 heavy (non-hydrogen) atoms. The van der Waals surface area contributed by atoms with Gasteiger partial charge in [-0.1, -0.05) is 12.1 Å². The number of nitrogens with zero attached hydrogens (tertiary/aromatic N) is 2.